The van der Waals surface area contributed by atoms with E-state index in [9.17, 15) is 14.9 Å². The quantitative estimate of drug-likeness (QED) is 0.447. The van der Waals surface area contributed by atoms with E-state index in [0.29, 0.717) is 23.6 Å². The molecular formula is C17H17ClN2O4. The first kappa shape index (κ1) is 17.7. The van der Waals surface area contributed by atoms with Gasteiger partial charge in [-0.25, -0.2) is 0 Å². The van der Waals surface area contributed by atoms with Crippen LogP contribution in [0.2, 0.25) is 5.02 Å². The molecule has 0 aromatic heterocycles. The summed E-state index contributed by atoms with van der Waals surface area (Å²) in [5.41, 5.74) is 0.396. The lowest BCUT2D eigenvalue weighted by Crippen LogP contribution is -2.14. The molecule has 2 aromatic carbocycles. The molecule has 0 heterocycles. The Labute approximate surface area is 144 Å². The van der Waals surface area contributed by atoms with Gasteiger partial charge in [0.25, 0.3) is 11.6 Å². The first-order chi connectivity index (χ1) is 11.5. The number of para-hydroxylation sites is 1. The van der Waals surface area contributed by atoms with Crippen LogP contribution in [-0.2, 0) is 0 Å². The van der Waals surface area contributed by atoms with Crippen molar-refractivity contribution in [2.45, 2.75) is 19.8 Å². The van der Waals surface area contributed by atoms with Crippen LogP contribution < -0.4 is 10.1 Å². The Kier molecular flexibility index (Phi) is 6.14. The van der Waals surface area contributed by atoms with Gasteiger partial charge in [0, 0.05) is 11.8 Å². The van der Waals surface area contributed by atoms with Crippen LogP contribution in [0.3, 0.4) is 0 Å². The van der Waals surface area contributed by atoms with Gasteiger partial charge in [-0.05, 0) is 30.7 Å². The zero-order valence-corrected chi connectivity index (χ0v) is 13.9. The third-order valence-corrected chi connectivity index (χ3v) is 3.61. The molecule has 126 valence electrons. The molecule has 0 aliphatic rings. The molecule has 1 N–H and O–H groups in total. The topological polar surface area (TPSA) is 81.5 Å². The number of hydrogen-bond acceptors (Lipinski definition) is 4. The van der Waals surface area contributed by atoms with Crippen LogP contribution in [0, 0.1) is 10.1 Å². The predicted molar refractivity (Wildman–Crippen MR) is 92.9 cm³/mol. The van der Waals surface area contributed by atoms with Crippen LogP contribution in [0.15, 0.2) is 42.5 Å². The number of benzene rings is 2. The van der Waals surface area contributed by atoms with E-state index in [4.69, 9.17) is 16.3 Å². The number of ether oxygens (including phenoxy) is 1. The highest BCUT2D eigenvalue weighted by molar-refractivity contribution is 6.32. The van der Waals surface area contributed by atoms with Gasteiger partial charge in [-0.2, -0.15) is 0 Å². The third kappa shape index (κ3) is 4.45. The Morgan fingerprint density at radius 3 is 2.75 bits per heavy atom. The summed E-state index contributed by atoms with van der Waals surface area (Å²) in [5.74, 6) is 0.0747. The summed E-state index contributed by atoms with van der Waals surface area (Å²) in [6.45, 7) is 2.57. The molecule has 24 heavy (non-hydrogen) atoms. The van der Waals surface area contributed by atoms with Crippen LogP contribution in [0.5, 0.6) is 5.75 Å². The fourth-order valence-corrected chi connectivity index (χ4v) is 2.22. The molecule has 2 rings (SSSR count). The molecule has 0 saturated carbocycles. The Hall–Kier alpha value is -2.60. The summed E-state index contributed by atoms with van der Waals surface area (Å²) in [4.78, 5) is 22.8. The van der Waals surface area contributed by atoms with E-state index < -0.39 is 10.8 Å². The number of carbonyl (C=O) groups is 1. The minimum atomic E-state index is -0.597. The van der Waals surface area contributed by atoms with E-state index in [1.54, 1.807) is 24.3 Å². The maximum Gasteiger partial charge on any atom is 0.289 e. The Bertz CT molecular complexity index is 749. The first-order valence-corrected chi connectivity index (χ1v) is 7.88. The number of amides is 1. The average Bonchev–Trinajstić information content (AvgIpc) is 2.57. The second-order valence-corrected chi connectivity index (χ2v) is 5.48. The van der Waals surface area contributed by atoms with Gasteiger partial charge in [-0.3, -0.25) is 14.9 Å². The first-order valence-electron chi connectivity index (χ1n) is 7.50. The van der Waals surface area contributed by atoms with Crippen molar-refractivity contribution in [1.29, 1.82) is 0 Å². The number of nitro benzene ring substituents is 1. The van der Waals surface area contributed by atoms with E-state index in [2.05, 4.69) is 12.2 Å². The van der Waals surface area contributed by atoms with Gasteiger partial charge in [-0.15, -0.1) is 0 Å². The van der Waals surface area contributed by atoms with Crippen molar-refractivity contribution >= 4 is 28.9 Å². The van der Waals surface area contributed by atoms with Crippen molar-refractivity contribution in [3.8, 4) is 5.75 Å². The van der Waals surface area contributed by atoms with Gasteiger partial charge in [-0.1, -0.05) is 37.1 Å². The number of nitrogens with one attached hydrogen (secondary N) is 1. The van der Waals surface area contributed by atoms with E-state index in [0.717, 1.165) is 12.8 Å². The van der Waals surface area contributed by atoms with Crippen LogP contribution in [-0.4, -0.2) is 17.4 Å². The molecule has 2 aromatic rings. The van der Waals surface area contributed by atoms with Crippen LogP contribution in [0.1, 0.15) is 30.1 Å². The monoisotopic (exact) mass is 348 g/mol. The molecule has 0 aliphatic carbocycles. The Morgan fingerprint density at radius 1 is 1.29 bits per heavy atom. The van der Waals surface area contributed by atoms with Crippen LogP contribution in [0.4, 0.5) is 11.4 Å². The van der Waals surface area contributed by atoms with E-state index in [1.165, 1.54) is 18.2 Å². The number of unbranched alkanes of at least 4 members (excludes halogenated alkanes) is 1. The van der Waals surface area contributed by atoms with Gasteiger partial charge in [0.1, 0.15) is 10.8 Å². The molecule has 0 saturated heterocycles. The standard InChI is InChI=1S/C17H17ClN2O4/c1-2-3-10-24-16-7-5-4-6-13(16)17(21)19-12-8-9-14(18)15(11-12)20(22)23/h4-9,11H,2-3,10H2,1H3,(H,19,21). The van der Waals surface area contributed by atoms with E-state index in [1.807, 2.05) is 0 Å². The highest BCUT2D eigenvalue weighted by atomic mass is 35.5. The number of hydrogen-bond donors (Lipinski definition) is 1. The third-order valence-electron chi connectivity index (χ3n) is 3.29. The maximum atomic E-state index is 12.4. The zero-order valence-electron chi connectivity index (χ0n) is 13.1. The fraction of sp³-hybridized carbons (Fsp3) is 0.235. The lowest BCUT2D eigenvalue weighted by atomic mass is 10.1. The molecule has 1 amide bonds. The molecule has 7 heteroatoms. The molecule has 6 nitrogen and oxygen atoms in total. The summed E-state index contributed by atoms with van der Waals surface area (Å²) in [7, 11) is 0. The molecule has 0 bridgehead atoms. The van der Waals surface area contributed by atoms with Crippen molar-refractivity contribution in [2.75, 3.05) is 11.9 Å². The molecule has 0 aliphatic heterocycles. The van der Waals surface area contributed by atoms with Gasteiger partial charge < -0.3 is 10.1 Å². The summed E-state index contributed by atoms with van der Waals surface area (Å²) < 4.78 is 5.63. The molecule has 0 spiro atoms. The number of halogens is 1. The van der Waals surface area contributed by atoms with Crippen LogP contribution in [0.25, 0.3) is 0 Å². The van der Waals surface area contributed by atoms with Crippen molar-refractivity contribution in [3.05, 3.63) is 63.2 Å². The fourth-order valence-electron chi connectivity index (χ4n) is 2.04. The normalized spacial score (nSPS) is 10.2. The summed E-state index contributed by atoms with van der Waals surface area (Å²) >= 11 is 5.77. The second kappa shape index (κ2) is 8.31. The lowest BCUT2D eigenvalue weighted by Gasteiger charge is -2.11. The molecule has 0 atom stereocenters. The van der Waals surface area contributed by atoms with Crippen molar-refractivity contribution in [3.63, 3.8) is 0 Å². The predicted octanol–water partition coefficient (Wildman–Crippen LogP) is 4.68. The van der Waals surface area contributed by atoms with E-state index in [-0.39, 0.29) is 10.7 Å². The molecule has 0 unspecified atom stereocenters. The number of nitrogens with zero attached hydrogens (tertiary/aromatic N) is 1. The minimum absolute atomic E-state index is 0.0151. The molecular weight excluding hydrogens is 332 g/mol. The SMILES string of the molecule is CCCCOc1ccccc1C(=O)Nc1ccc(Cl)c([N+](=O)[O-])c1. The summed E-state index contributed by atoms with van der Waals surface area (Å²) in [6.07, 6.45) is 1.88. The maximum absolute atomic E-state index is 12.4. The molecule has 0 fully saturated rings. The highest BCUT2D eigenvalue weighted by Crippen LogP contribution is 2.28. The molecule has 0 radical (unpaired) electrons. The highest BCUT2D eigenvalue weighted by Gasteiger charge is 2.16. The Balaban J connectivity index is 2.18. The minimum Gasteiger partial charge on any atom is -0.493 e. The number of rotatable bonds is 7. The zero-order chi connectivity index (χ0) is 17.5. The second-order valence-electron chi connectivity index (χ2n) is 5.08. The van der Waals surface area contributed by atoms with Gasteiger partial charge in [0.2, 0.25) is 0 Å². The largest absolute Gasteiger partial charge is 0.493 e. The smallest absolute Gasteiger partial charge is 0.289 e. The van der Waals surface area contributed by atoms with Crippen molar-refractivity contribution in [1.82, 2.24) is 0 Å². The van der Waals surface area contributed by atoms with Crippen molar-refractivity contribution < 1.29 is 14.5 Å². The lowest BCUT2D eigenvalue weighted by molar-refractivity contribution is -0.384. The van der Waals surface area contributed by atoms with Crippen LogP contribution >= 0.6 is 11.6 Å². The number of nitro groups is 1. The summed E-state index contributed by atoms with van der Waals surface area (Å²) in [5, 5.41) is 13.6. The Morgan fingerprint density at radius 2 is 2.04 bits per heavy atom. The number of anilines is 1. The van der Waals surface area contributed by atoms with Gasteiger partial charge >= 0.3 is 0 Å². The average molecular weight is 349 g/mol. The van der Waals surface area contributed by atoms with Crippen molar-refractivity contribution in [2.24, 2.45) is 0 Å². The summed E-state index contributed by atoms with van der Waals surface area (Å²) in [6, 6.07) is 11.0. The van der Waals surface area contributed by atoms with Gasteiger partial charge in [0.15, 0.2) is 0 Å². The number of carbonyl (C=O) groups excluding carboxylic acids is 1. The van der Waals surface area contributed by atoms with E-state index >= 15 is 0 Å². The van der Waals surface area contributed by atoms with Gasteiger partial charge in [0.05, 0.1) is 17.1 Å².